The molecule has 0 radical (unpaired) electrons. The first kappa shape index (κ1) is 20.8. The molecule has 28 heavy (non-hydrogen) atoms. The molecular formula is C20H23N3O5. The van der Waals surface area contributed by atoms with Crippen LogP contribution in [0.5, 0.6) is 11.5 Å². The molecule has 0 spiro atoms. The fourth-order valence-corrected chi connectivity index (χ4v) is 2.25. The van der Waals surface area contributed by atoms with E-state index >= 15 is 0 Å². The molecule has 0 saturated carbocycles. The Hall–Kier alpha value is -3.55. The van der Waals surface area contributed by atoms with Gasteiger partial charge >= 0.3 is 12.0 Å². The normalized spacial score (nSPS) is 11.7. The largest absolute Gasteiger partial charge is 0.493 e. The summed E-state index contributed by atoms with van der Waals surface area (Å²) < 4.78 is 10.5. The van der Waals surface area contributed by atoms with Crippen LogP contribution in [-0.4, -0.2) is 36.5 Å². The van der Waals surface area contributed by atoms with Crippen molar-refractivity contribution in [2.24, 2.45) is 5.10 Å². The lowest BCUT2D eigenvalue weighted by atomic mass is 10.1. The summed E-state index contributed by atoms with van der Waals surface area (Å²) in [6.45, 7) is 5.39. The van der Waals surface area contributed by atoms with Crippen molar-refractivity contribution in [2.45, 2.75) is 26.9 Å². The second-order valence-corrected chi connectivity index (χ2v) is 6.13. The highest BCUT2D eigenvalue weighted by atomic mass is 16.5. The summed E-state index contributed by atoms with van der Waals surface area (Å²) in [6, 6.07) is 10.0. The Labute approximate surface area is 163 Å². The molecule has 0 aromatic heterocycles. The van der Waals surface area contributed by atoms with Crippen molar-refractivity contribution in [1.29, 1.82) is 0 Å². The van der Waals surface area contributed by atoms with Gasteiger partial charge in [-0.3, -0.25) is 0 Å². The van der Waals surface area contributed by atoms with Crippen LogP contribution in [0.2, 0.25) is 0 Å². The van der Waals surface area contributed by atoms with Gasteiger partial charge < -0.3 is 19.9 Å². The molecule has 0 unspecified atom stereocenters. The molecule has 0 aliphatic carbocycles. The molecule has 0 aliphatic heterocycles. The molecule has 0 fully saturated rings. The van der Waals surface area contributed by atoms with Gasteiger partial charge in [0.15, 0.2) is 17.6 Å². The van der Waals surface area contributed by atoms with Gasteiger partial charge in [-0.05, 0) is 67.8 Å². The lowest BCUT2D eigenvalue weighted by molar-refractivity contribution is -0.144. The zero-order valence-electron chi connectivity index (χ0n) is 16.1. The highest BCUT2D eigenvalue weighted by molar-refractivity contribution is 5.90. The molecule has 148 valence electrons. The van der Waals surface area contributed by atoms with Crippen molar-refractivity contribution in [1.82, 2.24) is 5.43 Å². The number of aryl methyl sites for hydroxylation is 2. The van der Waals surface area contributed by atoms with Crippen molar-refractivity contribution in [3.05, 3.63) is 53.1 Å². The summed E-state index contributed by atoms with van der Waals surface area (Å²) in [5, 5.41) is 15.5. The standard InChI is InChI=1S/C20H23N3O5/c1-12-5-7-16(9-13(12)2)22-20(26)23-21-11-15-6-8-17(18(10-15)27-4)28-14(3)19(24)25/h5-11,14H,1-4H3,(H,24,25)(H2,22,23,26)/b21-11+/t14-/m0/s1. The molecule has 0 heterocycles. The first-order chi connectivity index (χ1) is 13.3. The fourth-order valence-electron chi connectivity index (χ4n) is 2.25. The number of aliphatic carboxylic acids is 1. The van der Waals surface area contributed by atoms with Crippen molar-refractivity contribution in [3.63, 3.8) is 0 Å². The number of carbonyl (C=O) groups excluding carboxylic acids is 1. The van der Waals surface area contributed by atoms with Gasteiger partial charge in [-0.15, -0.1) is 0 Å². The predicted octanol–water partition coefficient (Wildman–Crippen LogP) is 3.32. The number of nitrogens with zero attached hydrogens (tertiary/aromatic N) is 1. The van der Waals surface area contributed by atoms with Crippen LogP contribution in [0.4, 0.5) is 10.5 Å². The van der Waals surface area contributed by atoms with Gasteiger partial charge in [-0.1, -0.05) is 6.07 Å². The molecule has 0 bridgehead atoms. The number of carbonyl (C=O) groups is 2. The number of urea groups is 1. The van der Waals surface area contributed by atoms with E-state index in [1.54, 1.807) is 18.2 Å². The van der Waals surface area contributed by atoms with Crippen LogP contribution in [0.3, 0.4) is 0 Å². The Kier molecular flexibility index (Phi) is 6.97. The Morgan fingerprint density at radius 1 is 1.11 bits per heavy atom. The minimum Gasteiger partial charge on any atom is -0.493 e. The maximum Gasteiger partial charge on any atom is 0.344 e. The topological polar surface area (TPSA) is 109 Å². The number of methoxy groups -OCH3 is 1. The van der Waals surface area contributed by atoms with E-state index in [2.05, 4.69) is 15.8 Å². The van der Waals surface area contributed by atoms with Gasteiger partial charge in [0.05, 0.1) is 13.3 Å². The first-order valence-electron chi connectivity index (χ1n) is 8.55. The van der Waals surface area contributed by atoms with E-state index in [9.17, 15) is 9.59 Å². The number of hydrazone groups is 1. The fraction of sp³-hybridized carbons (Fsp3) is 0.250. The quantitative estimate of drug-likeness (QED) is 0.500. The van der Waals surface area contributed by atoms with Crippen LogP contribution in [0.1, 0.15) is 23.6 Å². The average Bonchev–Trinajstić information content (AvgIpc) is 2.65. The number of hydrogen-bond acceptors (Lipinski definition) is 5. The minimum atomic E-state index is -1.08. The zero-order valence-corrected chi connectivity index (χ0v) is 16.1. The predicted molar refractivity (Wildman–Crippen MR) is 106 cm³/mol. The molecule has 1 atom stereocenters. The highest BCUT2D eigenvalue weighted by Gasteiger charge is 2.15. The maximum absolute atomic E-state index is 11.9. The van der Waals surface area contributed by atoms with Crippen LogP contribution in [0.25, 0.3) is 0 Å². The summed E-state index contributed by atoms with van der Waals surface area (Å²) in [5.74, 6) is -0.418. The Morgan fingerprint density at radius 3 is 2.50 bits per heavy atom. The Morgan fingerprint density at radius 2 is 1.86 bits per heavy atom. The third kappa shape index (κ3) is 5.73. The Bertz CT molecular complexity index is 895. The SMILES string of the molecule is COc1cc(/C=N/NC(=O)Nc2ccc(C)c(C)c2)ccc1O[C@@H](C)C(=O)O. The lowest BCUT2D eigenvalue weighted by Crippen LogP contribution is -2.24. The van der Waals surface area contributed by atoms with E-state index in [4.69, 9.17) is 14.6 Å². The number of nitrogens with one attached hydrogen (secondary N) is 2. The van der Waals surface area contributed by atoms with Gasteiger partial charge in [-0.2, -0.15) is 5.10 Å². The zero-order chi connectivity index (χ0) is 20.7. The van der Waals surface area contributed by atoms with Crippen molar-refractivity contribution >= 4 is 23.9 Å². The van der Waals surface area contributed by atoms with Gasteiger partial charge in [0, 0.05) is 5.69 Å². The molecule has 2 rings (SSSR count). The van der Waals surface area contributed by atoms with Crippen molar-refractivity contribution < 1.29 is 24.2 Å². The number of rotatable bonds is 7. The smallest absolute Gasteiger partial charge is 0.344 e. The Balaban J connectivity index is 1.98. The first-order valence-corrected chi connectivity index (χ1v) is 8.55. The number of carboxylic acid groups (broad SMARTS) is 1. The number of ether oxygens (including phenoxy) is 2. The van der Waals surface area contributed by atoms with Crippen molar-refractivity contribution in [3.8, 4) is 11.5 Å². The van der Waals surface area contributed by atoms with Crippen LogP contribution < -0.4 is 20.2 Å². The van der Waals surface area contributed by atoms with Gasteiger partial charge in [0.25, 0.3) is 0 Å². The molecule has 3 N–H and O–H groups in total. The van der Waals surface area contributed by atoms with Gasteiger partial charge in [0.2, 0.25) is 0 Å². The van der Waals surface area contributed by atoms with Gasteiger partial charge in [0.1, 0.15) is 0 Å². The molecular weight excluding hydrogens is 362 g/mol. The molecule has 8 heteroatoms. The molecule has 0 aliphatic rings. The monoisotopic (exact) mass is 385 g/mol. The summed E-state index contributed by atoms with van der Waals surface area (Å²) in [5.41, 5.74) is 5.91. The maximum atomic E-state index is 11.9. The van der Waals surface area contributed by atoms with Crippen LogP contribution in [0, 0.1) is 13.8 Å². The van der Waals surface area contributed by atoms with E-state index in [0.29, 0.717) is 22.7 Å². The van der Waals surface area contributed by atoms with Crippen LogP contribution >= 0.6 is 0 Å². The van der Waals surface area contributed by atoms with E-state index < -0.39 is 18.1 Å². The number of hydrogen-bond donors (Lipinski definition) is 3. The van der Waals surface area contributed by atoms with Crippen LogP contribution in [0.15, 0.2) is 41.5 Å². The number of benzene rings is 2. The lowest BCUT2D eigenvalue weighted by Gasteiger charge is -2.14. The second kappa shape index (κ2) is 9.40. The van der Waals surface area contributed by atoms with E-state index in [1.165, 1.54) is 20.2 Å². The second-order valence-electron chi connectivity index (χ2n) is 6.13. The van der Waals surface area contributed by atoms with Gasteiger partial charge in [-0.25, -0.2) is 15.0 Å². The van der Waals surface area contributed by atoms with Crippen LogP contribution in [-0.2, 0) is 4.79 Å². The molecule has 8 nitrogen and oxygen atoms in total. The molecule has 2 aromatic carbocycles. The third-order valence-electron chi connectivity index (χ3n) is 3.98. The van der Waals surface area contributed by atoms with E-state index in [-0.39, 0.29) is 0 Å². The van der Waals surface area contributed by atoms with E-state index in [0.717, 1.165) is 11.1 Å². The number of amides is 2. The summed E-state index contributed by atoms with van der Waals surface area (Å²) in [4.78, 5) is 22.8. The molecule has 2 amide bonds. The van der Waals surface area contributed by atoms with E-state index in [1.807, 2.05) is 32.0 Å². The summed E-state index contributed by atoms with van der Waals surface area (Å²) >= 11 is 0. The highest BCUT2D eigenvalue weighted by Crippen LogP contribution is 2.28. The summed E-state index contributed by atoms with van der Waals surface area (Å²) in [7, 11) is 1.45. The molecule has 0 saturated heterocycles. The minimum absolute atomic E-state index is 0.301. The molecule has 2 aromatic rings. The third-order valence-corrected chi connectivity index (χ3v) is 3.98. The summed E-state index contributed by atoms with van der Waals surface area (Å²) in [6.07, 6.45) is 0.427. The number of carboxylic acids is 1. The van der Waals surface area contributed by atoms with Crippen molar-refractivity contribution in [2.75, 3.05) is 12.4 Å². The average molecular weight is 385 g/mol. The number of anilines is 1.